The number of allylic oxidation sites excluding steroid dienone is 1. The lowest BCUT2D eigenvalue weighted by Crippen LogP contribution is -2.10. The van der Waals surface area contributed by atoms with E-state index in [1.165, 1.54) is 0 Å². The van der Waals surface area contributed by atoms with E-state index < -0.39 is 0 Å². The standard InChI is InChI=1S/C20H14Cl2O4/c1-10-6-14(25-20(24)11-2-3-11)9-16-18(10)19(23)17(26-16)7-12-4-5-13(21)8-15(12)22/h4-9,11H,2-3H2,1H3/b17-7-. The van der Waals surface area contributed by atoms with Gasteiger partial charge in [-0.25, -0.2) is 0 Å². The van der Waals surface area contributed by atoms with Crippen LogP contribution in [0.1, 0.15) is 34.3 Å². The Morgan fingerprint density at radius 1 is 1.23 bits per heavy atom. The summed E-state index contributed by atoms with van der Waals surface area (Å²) in [4.78, 5) is 24.5. The Balaban J connectivity index is 1.65. The second-order valence-electron chi connectivity index (χ2n) is 6.41. The predicted molar refractivity (Wildman–Crippen MR) is 98.9 cm³/mol. The number of hydrogen-bond acceptors (Lipinski definition) is 4. The number of fused-ring (bicyclic) bond motifs is 1. The highest BCUT2D eigenvalue weighted by Crippen LogP contribution is 2.39. The van der Waals surface area contributed by atoms with Crippen LogP contribution in [0.2, 0.25) is 10.0 Å². The molecule has 0 N–H and O–H groups in total. The number of carbonyl (C=O) groups excluding carboxylic acids is 2. The molecular weight excluding hydrogens is 375 g/mol. The molecule has 0 spiro atoms. The number of esters is 1. The molecule has 4 nitrogen and oxygen atoms in total. The van der Waals surface area contributed by atoms with Gasteiger partial charge in [0.2, 0.25) is 5.78 Å². The SMILES string of the molecule is Cc1cc(OC(=O)C2CC2)cc2c1C(=O)/C(=C/c1ccc(Cl)cc1Cl)O2. The van der Waals surface area contributed by atoms with E-state index in [9.17, 15) is 9.59 Å². The fourth-order valence-corrected chi connectivity index (χ4v) is 3.28. The van der Waals surface area contributed by atoms with Gasteiger partial charge in [0, 0.05) is 16.1 Å². The normalized spacial score (nSPS) is 17.2. The number of ketones is 1. The zero-order valence-electron chi connectivity index (χ0n) is 13.8. The lowest BCUT2D eigenvalue weighted by Gasteiger charge is -2.07. The minimum atomic E-state index is -0.239. The van der Waals surface area contributed by atoms with Crippen molar-refractivity contribution < 1.29 is 19.1 Å². The van der Waals surface area contributed by atoms with Crippen molar-refractivity contribution in [1.29, 1.82) is 0 Å². The summed E-state index contributed by atoms with van der Waals surface area (Å²) in [7, 11) is 0. The molecule has 6 heteroatoms. The number of carbonyl (C=O) groups is 2. The van der Waals surface area contributed by atoms with Crippen LogP contribution < -0.4 is 9.47 Å². The van der Waals surface area contributed by atoms with Crippen LogP contribution in [0.25, 0.3) is 6.08 Å². The molecule has 2 aromatic carbocycles. The summed E-state index contributed by atoms with van der Waals surface area (Å²) in [5, 5.41) is 0.935. The Morgan fingerprint density at radius 2 is 2.00 bits per heavy atom. The second-order valence-corrected chi connectivity index (χ2v) is 7.26. The number of aryl methyl sites for hydroxylation is 1. The maximum Gasteiger partial charge on any atom is 0.314 e. The molecule has 2 aromatic rings. The van der Waals surface area contributed by atoms with Crippen LogP contribution in [0.3, 0.4) is 0 Å². The van der Waals surface area contributed by atoms with E-state index in [4.69, 9.17) is 32.7 Å². The van der Waals surface area contributed by atoms with Gasteiger partial charge in [0.1, 0.15) is 11.5 Å². The number of rotatable bonds is 3. The van der Waals surface area contributed by atoms with Crippen molar-refractivity contribution >= 4 is 41.0 Å². The van der Waals surface area contributed by atoms with Crippen LogP contribution in [0, 0.1) is 12.8 Å². The molecule has 132 valence electrons. The number of hydrogen-bond donors (Lipinski definition) is 0. The molecule has 1 heterocycles. The van der Waals surface area contributed by atoms with Crippen molar-refractivity contribution in [2.75, 3.05) is 0 Å². The molecule has 0 atom stereocenters. The summed E-state index contributed by atoms with van der Waals surface area (Å²) in [6.07, 6.45) is 3.31. The van der Waals surface area contributed by atoms with Crippen molar-refractivity contribution in [2.24, 2.45) is 5.92 Å². The van der Waals surface area contributed by atoms with Crippen LogP contribution in [0.5, 0.6) is 11.5 Å². The molecule has 0 radical (unpaired) electrons. The van der Waals surface area contributed by atoms with Gasteiger partial charge in [-0.15, -0.1) is 0 Å². The van der Waals surface area contributed by atoms with E-state index in [1.807, 2.05) is 0 Å². The van der Waals surface area contributed by atoms with E-state index >= 15 is 0 Å². The van der Waals surface area contributed by atoms with Crippen LogP contribution >= 0.6 is 23.2 Å². The molecule has 0 amide bonds. The highest BCUT2D eigenvalue weighted by molar-refractivity contribution is 6.35. The number of ether oxygens (including phenoxy) is 2. The first-order valence-electron chi connectivity index (χ1n) is 8.18. The van der Waals surface area contributed by atoms with E-state index in [1.54, 1.807) is 43.3 Å². The lowest BCUT2D eigenvalue weighted by molar-refractivity contribution is -0.135. The Morgan fingerprint density at radius 3 is 2.69 bits per heavy atom. The van der Waals surface area contributed by atoms with E-state index in [0.717, 1.165) is 12.8 Å². The minimum absolute atomic E-state index is 0.00591. The first-order chi connectivity index (χ1) is 12.4. The third-order valence-corrected chi connectivity index (χ3v) is 4.88. The number of Topliss-reactive ketones (excluding diaryl/α,β-unsaturated/α-hetero) is 1. The molecule has 0 saturated heterocycles. The highest BCUT2D eigenvalue weighted by Gasteiger charge is 2.33. The molecular formula is C20H14Cl2O4. The zero-order valence-corrected chi connectivity index (χ0v) is 15.4. The quantitative estimate of drug-likeness (QED) is 0.410. The van der Waals surface area contributed by atoms with Crippen molar-refractivity contribution in [2.45, 2.75) is 19.8 Å². The summed E-state index contributed by atoms with van der Waals surface area (Å²) in [5.74, 6) is 0.453. The largest absolute Gasteiger partial charge is 0.452 e. The van der Waals surface area contributed by atoms with E-state index in [0.29, 0.717) is 38.2 Å². The number of benzene rings is 2. The van der Waals surface area contributed by atoms with Gasteiger partial charge in [0.25, 0.3) is 0 Å². The molecule has 1 aliphatic carbocycles. The molecule has 2 aliphatic rings. The molecule has 0 aromatic heterocycles. The smallest absolute Gasteiger partial charge is 0.314 e. The van der Waals surface area contributed by atoms with E-state index in [-0.39, 0.29) is 23.4 Å². The van der Waals surface area contributed by atoms with Crippen LogP contribution in [0.15, 0.2) is 36.1 Å². The topological polar surface area (TPSA) is 52.6 Å². The molecule has 0 unspecified atom stereocenters. The van der Waals surface area contributed by atoms with Gasteiger partial charge in [0.15, 0.2) is 5.76 Å². The highest BCUT2D eigenvalue weighted by atomic mass is 35.5. The van der Waals surface area contributed by atoms with Gasteiger partial charge in [-0.1, -0.05) is 29.3 Å². The monoisotopic (exact) mass is 388 g/mol. The van der Waals surface area contributed by atoms with E-state index in [2.05, 4.69) is 0 Å². The average Bonchev–Trinajstić information content (AvgIpc) is 3.36. The summed E-state index contributed by atoms with van der Waals surface area (Å²) >= 11 is 12.1. The molecule has 26 heavy (non-hydrogen) atoms. The zero-order chi connectivity index (χ0) is 18.4. The summed E-state index contributed by atoms with van der Waals surface area (Å²) < 4.78 is 11.1. The summed E-state index contributed by atoms with van der Waals surface area (Å²) in [5.41, 5.74) is 1.79. The first kappa shape index (κ1) is 17.1. The molecule has 1 fully saturated rings. The third-order valence-electron chi connectivity index (χ3n) is 4.32. The maximum atomic E-state index is 12.7. The van der Waals surface area contributed by atoms with Gasteiger partial charge in [0.05, 0.1) is 11.5 Å². The lowest BCUT2D eigenvalue weighted by atomic mass is 10.0. The fraction of sp³-hybridized carbons (Fsp3) is 0.200. The molecule has 4 rings (SSSR count). The Hall–Kier alpha value is -2.30. The van der Waals surface area contributed by atoms with Crippen LogP contribution in [-0.4, -0.2) is 11.8 Å². The molecule has 1 saturated carbocycles. The van der Waals surface area contributed by atoms with Crippen molar-refractivity contribution in [3.63, 3.8) is 0 Å². The minimum Gasteiger partial charge on any atom is -0.452 e. The van der Waals surface area contributed by atoms with Crippen molar-refractivity contribution in [1.82, 2.24) is 0 Å². The third kappa shape index (κ3) is 3.22. The summed E-state index contributed by atoms with van der Waals surface area (Å²) in [6.45, 7) is 1.78. The molecule has 0 bridgehead atoms. The van der Waals surface area contributed by atoms with Gasteiger partial charge in [-0.3, -0.25) is 9.59 Å². The fourth-order valence-electron chi connectivity index (χ4n) is 2.81. The maximum absolute atomic E-state index is 12.7. The van der Waals surface area contributed by atoms with Crippen molar-refractivity contribution in [3.05, 3.63) is 62.8 Å². The predicted octanol–water partition coefficient (Wildman–Crippen LogP) is 5.23. The first-order valence-corrected chi connectivity index (χ1v) is 8.93. The van der Waals surface area contributed by atoms with Crippen LogP contribution in [-0.2, 0) is 4.79 Å². The Bertz CT molecular complexity index is 974. The Kier molecular flexibility index (Phi) is 4.25. The van der Waals surface area contributed by atoms with Gasteiger partial charge in [-0.05, 0) is 55.2 Å². The summed E-state index contributed by atoms with van der Waals surface area (Å²) in [6, 6.07) is 8.26. The van der Waals surface area contributed by atoms with Gasteiger partial charge >= 0.3 is 5.97 Å². The van der Waals surface area contributed by atoms with Gasteiger partial charge in [-0.2, -0.15) is 0 Å². The Labute approximate surface area is 160 Å². The molecule has 1 aliphatic heterocycles. The van der Waals surface area contributed by atoms with Gasteiger partial charge < -0.3 is 9.47 Å². The second kappa shape index (κ2) is 6.45. The van der Waals surface area contributed by atoms with Crippen molar-refractivity contribution in [3.8, 4) is 11.5 Å². The average molecular weight is 389 g/mol. The number of halogens is 2. The van der Waals surface area contributed by atoms with Crippen LogP contribution in [0.4, 0.5) is 0 Å².